The first kappa shape index (κ1) is 12.0. The van der Waals surface area contributed by atoms with Gasteiger partial charge in [-0.1, -0.05) is 26.7 Å². The third-order valence-electron chi connectivity index (χ3n) is 3.28. The van der Waals surface area contributed by atoms with Crippen LogP contribution in [-0.2, 0) is 0 Å². The van der Waals surface area contributed by atoms with Crippen LogP contribution in [0.15, 0.2) is 0 Å². The van der Waals surface area contributed by atoms with Crippen molar-refractivity contribution in [3.05, 3.63) is 0 Å². The van der Waals surface area contributed by atoms with Crippen molar-refractivity contribution < 1.29 is 5.11 Å². The van der Waals surface area contributed by atoms with Crippen LogP contribution in [0.2, 0.25) is 0 Å². The highest BCUT2D eigenvalue weighted by atomic mass is 16.3. The van der Waals surface area contributed by atoms with Crippen molar-refractivity contribution in [2.75, 3.05) is 0 Å². The minimum absolute atomic E-state index is 0.229. The summed E-state index contributed by atoms with van der Waals surface area (Å²) in [4.78, 5) is 0. The summed E-state index contributed by atoms with van der Waals surface area (Å²) in [6.45, 7) is 4.47. The van der Waals surface area contributed by atoms with Crippen LogP contribution >= 0.6 is 0 Å². The predicted octanol–water partition coefficient (Wildman–Crippen LogP) is 2.45. The monoisotopic (exact) mass is 199 g/mol. The van der Waals surface area contributed by atoms with Gasteiger partial charge in [0.05, 0.1) is 5.60 Å². The molecule has 1 aliphatic carbocycles. The zero-order valence-electron chi connectivity index (χ0n) is 9.63. The highest BCUT2D eigenvalue weighted by Crippen LogP contribution is 2.32. The van der Waals surface area contributed by atoms with Gasteiger partial charge in [-0.05, 0) is 38.0 Å². The lowest BCUT2D eigenvalue weighted by Gasteiger charge is -2.35. The van der Waals surface area contributed by atoms with E-state index in [2.05, 4.69) is 13.8 Å². The van der Waals surface area contributed by atoms with Gasteiger partial charge in [0.15, 0.2) is 0 Å². The highest BCUT2D eigenvalue weighted by Gasteiger charge is 2.32. The molecule has 3 N–H and O–H groups in total. The molecular formula is C12H25NO. The molecule has 14 heavy (non-hydrogen) atoms. The molecule has 0 aromatic heterocycles. The van der Waals surface area contributed by atoms with Crippen LogP contribution in [0.1, 0.15) is 58.8 Å². The van der Waals surface area contributed by atoms with Gasteiger partial charge >= 0.3 is 0 Å². The van der Waals surface area contributed by atoms with E-state index in [0.717, 1.165) is 44.4 Å². The zero-order chi connectivity index (χ0) is 10.6. The normalized spacial score (nSPS) is 33.6. The van der Waals surface area contributed by atoms with Crippen molar-refractivity contribution in [2.45, 2.75) is 70.4 Å². The molecule has 84 valence electrons. The number of hydrogen-bond acceptors (Lipinski definition) is 2. The summed E-state index contributed by atoms with van der Waals surface area (Å²) in [7, 11) is 0. The summed E-state index contributed by atoms with van der Waals surface area (Å²) in [5.74, 6) is 0.746. The Labute approximate surface area is 87.9 Å². The van der Waals surface area contributed by atoms with Crippen LogP contribution in [0, 0.1) is 5.92 Å². The Hall–Kier alpha value is -0.0800. The van der Waals surface area contributed by atoms with Crippen LogP contribution in [0.3, 0.4) is 0 Å². The Balaban J connectivity index is 2.26. The lowest BCUT2D eigenvalue weighted by atomic mass is 9.79. The second-order valence-corrected chi connectivity index (χ2v) is 5.37. The molecule has 0 heterocycles. The Kier molecular flexibility index (Phi) is 4.39. The lowest BCUT2D eigenvalue weighted by molar-refractivity contribution is -0.0124. The van der Waals surface area contributed by atoms with Gasteiger partial charge in [-0.2, -0.15) is 0 Å². The van der Waals surface area contributed by atoms with Gasteiger partial charge in [0.2, 0.25) is 0 Å². The lowest BCUT2D eigenvalue weighted by Crippen LogP contribution is -2.41. The number of hydrogen-bond donors (Lipinski definition) is 2. The summed E-state index contributed by atoms with van der Waals surface area (Å²) < 4.78 is 0. The van der Waals surface area contributed by atoms with Crippen LogP contribution in [0.5, 0.6) is 0 Å². The van der Waals surface area contributed by atoms with Crippen LogP contribution in [-0.4, -0.2) is 16.7 Å². The van der Waals surface area contributed by atoms with Crippen molar-refractivity contribution in [3.8, 4) is 0 Å². The van der Waals surface area contributed by atoms with E-state index < -0.39 is 5.60 Å². The minimum Gasteiger partial charge on any atom is -0.390 e. The Bertz CT molecular complexity index is 170. The highest BCUT2D eigenvalue weighted by molar-refractivity contribution is 4.87. The van der Waals surface area contributed by atoms with Crippen molar-refractivity contribution in [1.82, 2.24) is 0 Å². The van der Waals surface area contributed by atoms with E-state index in [4.69, 9.17) is 5.73 Å². The minimum atomic E-state index is -0.438. The molecule has 0 aliphatic heterocycles. The fraction of sp³-hybridized carbons (Fsp3) is 1.00. The molecule has 0 amide bonds. The summed E-state index contributed by atoms with van der Waals surface area (Å²) in [6, 6.07) is 0.229. The molecule has 0 saturated heterocycles. The molecule has 0 radical (unpaired) electrons. The van der Waals surface area contributed by atoms with E-state index in [1.807, 2.05) is 0 Å². The van der Waals surface area contributed by atoms with Crippen LogP contribution in [0.25, 0.3) is 0 Å². The standard InChI is InChI=1S/C12H25NO/c1-10(2)5-3-7-12(14)8-4-6-11(13)9-12/h10-11,14H,3-9,13H2,1-2H3. The van der Waals surface area contributed by atoms with E-state index in [9.17, 15) is 5.11 Å². The molecule has 1 rings (SSSR count). The maximum atomic E-state index is 10.3. The van der Waals surface area contributed by atoms with Gasteiger partial charge in [-0.25, -0.2) is 0 Å². The summed E-state index contributed by atoms with van der Waals surface area (Å²) in [5, 5.41) is 10.3. The second kappa shape index (κ2) is 5.13. The SMILES string of the molecule is CC(C)CCCC1(O)CCCC(N)C1. The second-order valence-electron chi connectivity index (χ2n) is 5.37. The fourth-order valence-electron chi connectivity index (χ4n) is 2.45. The maximum absolute atomic E-state index is 10.3. The van der Waals surface area contributed by atoms with Gasteiger partial charge in [0, 0.05) is 6.04 Å². The Morgan fingerprint density at radius 2 is 2.21 bits per heavy atom. The summed E-state index contributed by atoms with van der Waals surface area (Å²) >= 11 is 0. The zero-order valence-corrected chi connectivity index (χ0v) is 9.63. The van der Waals surface area contributed by atoms with Crippen LogP contribution in [0.4, 0.5) is 0 Å². The van der Waals surface area contributed by atoms with E-state index in [1.165, 1.54) is 6.42 Å². The molecule has 1 fully saturated rings. The average molecular weight is 199 g/mol. The molecule has 2 heteroatoms. The average Bonchev–Trinajstić information content (AvgIpc) is 2.01. The molecule has 2 nitrogen and oxygen atoms in total. The molecule has 1 aliphatic rings. The van der Waals surface area contributed by atoms with Gasteiger partial charge < -0.3 is 10.8 Å². The molecule has 0 aromatic carbocycles. The molecule has 0 bridgehead atoms. The summed E-state index contributed by atoms with van der Waals surface area (Å²) in [5.41, 5.74) is 5.44. The maximum Gasteiger partial charge on any atom is 0.0662 e. The third-order valence-corrected chi connectivity index (χ3v) is 3.28. The first-order valence-electron chi connectivity index (χ1n) is 6.00. The number of aliphatic hydroxyl groups is 1. The molecule has 2 atom stereocenters. The molecular weight excluding hydrogens is 174 g/mol. The Morgan fingerprint density at radius 3 is 2.79 bits per heavy atom. The van der Waals surface area contributed by atoms with Crippen LogP contribution < -0.4 is 5.73 Å². The Morgan fingerprint density at radius 1 is 1.50 bits per heavy atom. The molecule has 0 spiro atoms. The van der Waals surface area contributed by atoms with Gasteiger partial charge in [0.1, 0.15) is 0 Å². The van der Waals surface area contributed by atoms with Gasteiger partial charge in [0.25, 0.3) is 0 Å². The third kappa shape index (κ3) is 3.97. The van der Waals surface area contributed by atoms with E-state index in [1.54, 1.807) is 0 Å². The van der Waals surface area contributed by atoms with E-state index in [0.29, 0.717) is 0 Å². The number of rotatable bonds is 4. The smallest absolute Gasteiger partial charge is 0.0662 e. The fourth-order valence-corrected chi connectivity index (χ4v) is 2.45. The van der Waals surface area contributed by atoms with Crippen molar-refractivity contribution in [1.29, 1.82) is 0 Å². The molecule has 2 unspecified atom stereocenters. The topological polar surface area (TPSA) is 46.2 Å². The van der Waals surface area contributed by atoms with Gasteiger partial charge in [-0.3, -0.25) is 0 Å². The predicted molar refractivity (Wildman–Crippen MR) is 60.1 cm³/mol. The summed E-state index contributed by atoms with van der Waals surface area (Å²) in [6.07, 6.45) is 7.26. The number of nitrogens with two attached hydrogens (primary N) is 1. The van der Waals surface area contributed by atoms with Crippen molar-refractivity contribution in [2.24, 2.45) is 11.7 Å². The largest absolute Gasteiger partial charge is 0.390 e. The molecule has 0 aromatic rings. The van der Waals surface area contributed by atoms with E-state index in [-0.39, 0.29) is 6.04 Å². The quantitative estimate of drug-likeness (QED) is 0.730. The van der Waals surface area contributed by atoms with Crippen molar-refractivity contribution >= 4 is 0 Å². The molecule has 1 saturated carbocycles. The van der Waals surface area contributed by atoms with Crippen molar-refractivity contribution in [3.63, 3.8) is 0 Å². The first-order valence-corrected chi connectivity index (χ1v) is 6.00. The first-order chi connectivity index (χ1) is 6.52. The van der Waals surface area contributed by atoms with Gasteiger partial charge in [-0.15, -0.1) is 0 Å². The van der Waals surface area contributed by atoms with E-state index >= 15 is 0 Å².